The number of nitrogens with one attached hydrogen (secondary N) is 1. The fraction of sp³-hybridized carbons (Fsp3) is 0.625. The summed E-state index contributed by atoms with van der Waals surface area (Å²) in [5.74, 6) is -0.134. The molecule has 33 heavy (non-hydrogen) atoms. The van der Waals surface area contributed by atoms with E-state index in [-0.39, 0.29) is 23.3 Å². The number of methoxy groups -OCH3 is 1. The first-order chi connectivity index (χ1) is 15.5. The van der Waals surface area contributed by atoms with Crippen molar-refractivity contribution in [1.82, 2.24) is 0 Å². The van der Waals surface area contributed by atoms with Gasteiger partial charge in [-0.2, -0.15) is 13.2 Å². The number of rotatable bonds is 6. The van der Waals surface area contributed by atoms with E-state index in [0.29, 0.717) is 19.4 Å². The number of hydrogen-bond donors (Lipinski definition) is 1. The van der Waals surface area contributed by atoms with Gasteiger partial charge in [-0.25, -0.2) is 4.79 Å². The number of benzene rings is 1. The van der Waals surface area contributed by atoms with E-state index < -0.39 is 35.6 Å². The normalized spacial score (nSPS) is 35.1. The lowest BCUT2D eigenvalue weighted by Crippen LogP contribution is -2.55. The molecule has 2 aliphatic heterocycles. The number of alkyl halides is 3. The van der Waals surface area contributed by atoms with Crippen molar-refractivity contribution in [3.05, 3.63) is 41.5 Å². The largest absolute Gasteiger partial charge is 0.443 e. The van der Waals surface area contributed by atoms with Crippen molar-refractivity contribution in [2.45, 2.75) is 75.7 Å². The van der Waals surface area contributed by atoms with Crippen LogP contribution in [0.1, 0.15) is 45.6 Å². The molecule has 6 nitrogen and oxygen atoms in total. The van der Waals surface area contributed by atoms with Gasteiger partial charge in [0, 0.05) is 12.8 Å². The quantitative estimate of drug-likeness (QED) is 0.450. The summed E-state index contributed by atoms with van der Waals surface area (Å²) in [6.07, 6.45) is -2.21. The Hall–Kier alpha value is -2.10. The van der Waals surface area contributed by atoms with Gasteiger partial charge >= 0.3 is 12.3 Å². The highest BCUT2D eigenvalue weighted by molar-refractivity contribution is 5.84. The fourth-order valence-corrected chi connectivity index (χ4v) is 5.13. The first-order valence-electron chi connectivity index (χ1n) is 11.1. The standard InChI is InChI=1S/C24H30F3NO5/c1-14(2)8-9-18-22(3,33-18)20-19(30-4)17(10-11-23(20)13-31-23)32-21(29)28-16-7-5-6-15(12-16)24(25,26)27/h5-8,12,17-20H,9-11,13H2,1-4H3,(H,28,29)/t17-,18-,19-,20-,22+,23+/m1/s1. The Bertz CT molecular complexity index is 925. The highest BCUT2D eigenvalue weighted by Crippen LogP contribution is 2.59. The van der Waals surface area contributed by atoms with Gasteiger partial charge in [-0.15, -0.1) is 0 Å². The minimum absolute atomic E-state index is 0.0115. The molecule has 4 rings (SSSR count). The molecule has 1 amide bonds. The lowest BCUT2D eigenvalue weighted by atomic mass is 9.68. The Kier molecular flexibility index (Phi) is 6.26. The third kappa shape index (κ3) is 4.90. The number of carbonyl (C=O) groups is 1. The molecule has 0 aromatic heterocycles. The molecular formula is C24H30F3NO5. The van der Waals surface area contributed by atoms with Crippen molar-refractivity contribution in [3.63, 3.8) is 0 Å². The smallest absolute Gasteiger partial charge is 0.416 e. The molecule has 1 aromatic carbocycles. The van der Waals surface area contributed by atoms with Crippen LogP contribution >= 0.6 is 0 Å². The van der Waals surface area contributed by atoms with Gasteiger partial charge in [-0.3, -0.25) is 5.32 Å². The van der Waals surface area contributed by atoms with Crippen molar-refractivity contribution in [3.8, 4) is 0 Å². The minimum atomic E-state index is -4.50. The van der Waals surface area contributed by atoms with Crippen molar-refractivity contribution in [1.29, 1.82) is 0 Å². The summed E-state index contributed by atoms with van der Waals surface area (Å²) < 4.78 is 62.3. The summed E-state index contributed by atoms with van der Waals surface area (Å²) in [5.41, 5.74) is -0.446. The molecule has 182 valence electrons. The van der Waals surface area contributed by atoms with Crippen LogP contribution in [0.3, 0.4) is 0 Å². The van der Waals surface area contributed by atoms with Gasteiger partial charge in [-0.05, 0) is 58.2 Å². The molecule has 0 unspecified atom stereocenters. The van der Waals surface area contributed by atoms with Crippen LogP contribution in [-0.4, -0.2) is 49.3 Å². The van der Waals surface area contributed by atoms with Gasteiger partial charge in [0.1, 0.15) is 23.4 Å². The number of ether oxygens (including phenoxy) is 4. The second kappa shape index (κ2) is 8.60. The topological polar surface area (TPSA) is 72.6 Å². The fourth-order valence-electron chi connectivity index (χ4n) is 5.13. The number of amides is 1. The van der Waals surface area contributed by atoms with Crippen LogP contribution in [-0.2, 0) is 25.1 Å². The summed E-state index contributed by atoms with van der Waals surface area (Å²) in [5, 5.41) is 2.41. The third-order valence-electron chi connectivity index (χ3n) is 6.93. The van der Waals surface area contributed by atoms with Gasteiger partial charge in [0.05, 0.1) is 24.2 Å². The number of hydrogen-bond acceptors (Lipinski definition) is 5. The summed E-state index contributed by atoms with van der Waals surface area (Å²) in [4.78, 5) is 12.6. The van der Waals surface area contributed by atoms with E-state index in [1.54, 1.807) is 7.11 Å². The zero-order valence-corrected chi connectivity index (χ0v) is 19.2. The maximum absolute atomic E-state index is 13.0. The maximum atomic E-state index is 13.0. The molecule has 1 aromatic rings. The van der Waals surface area contributed by atoms with Crippen LogP contribution in [0.2, 0.25) is 0 Å². The van der Waals surface area contributed by atoms with Crippen molar-refractivity contribution in [2.75, 3.05) is 19.0 Å². The summed E-state index contributed by atoms with van der Waals surface area (Å²) in [7, 11) is 1.57. The zero-order chi connectivity index (χ0) is 24.0. The van der Waals surface area contributed by atoms with Crippen LogP contribution in [0.25, 0.3) is 0 Å². The highest BCUT2D eigenvalue weighted by Gasteiger charge is 2.72. The molecule has 0 radical (unpaired) electrons. The average molecular weight is 470 g/mol. The zero-order valence-electron chi connectivity index (χ0n) is 19.2. The van der Waals surface area contributed by atoms with E-state index in [0.717, 1.165) is 18.6 Å². The Morgan fingerprint density at radius 2 is 2.06 bits per heavy atom. The first-order valence-corrected chi connectivity index (χ1v) is 11.1. The predicted molar refractivity (Wildman–Crippen MR) is 115 cm³/mol. The van der Waals surface area contributed by atoms with Gasteiger partial charge in [0.2, 0.25) is 0 Å². The van der Waals surface area contributed by atoms with Gasteiger partial charge in [0.25, 0.3) is 0 Å². The first kappa shape index (κ1) is 24.0. The Morgan fingerprint density at radius 1 is 1.33 bits per heavy atom. The van der Waals surface area contributed by atoms with Crippen LogP contribution in [0, 0.1) is 5.92 Å². The van der Waals surface area contributed by atoms with Crippen molar-refractivity contribution in [2.24, 2.45) is 5.92 Å². The molecule has 1 saturated carbocycles. The van der Waals surface area contributed by atoms with E-state index >= 15 is 0 Å². The molecule has 2 saturated heterocycles. The molecule has 1 aliphatic carbocycles. The van der Waals surface area contributed by atoms with Crippen LogP contribution in [0.5, 0.6) is 0 Å². The molecule has 9 heteroatoms. The minimum Gasteiger partial charge on any atom is -0.443 e. The second-order valence-electron chi connectivity index (χ2n) is 9.52. The maximum Gasteiger partial charge on any atom is 0.416 e. The van der Waals surface area contributed by atoms with Crippen LogP contribution in [0.15, 0.2) is 35.9 Å². The summed E-state index contributed by atoms with van der Waals surface area (Å²) in [6.45, 7) is 6.73. The average Bonchev–Trinajstić information content (AvgIpc) is 3.64. The second-order valence-corrected chi connectivity index (χ2v) is 9.52. The van der Waals surface area contributed by atoms with Crippen molar-refractivity contribution < 1.29 is 36.9 Å². The third-order valence-corrected chi connectivity index (χ3v) is 6.93. The number of carbonyl (C=O) groups excluding carboxylic acids is 1. The van der Waals surface area contributed by atoms with E-state index in [1.165, 1.54) is 17.7 Å². The molecule has 3 fully saturated rings. The predicted octanol–water partition coefficient (Wildman–Crippen LogP) is 5.33. The molecule has 0 bridgehead atoms. The molecule has 6 atom stereocenters. The Morgan fingerprint density at radius 3 is 2.67 bits per heavy atom. The summed E-state index contributed by atoms with van der Waals surface area (Å²) in [6, 6.07) is 4.44. The number of allylic oxidation sites excluding steroid dienone is 1. The molecule has 1 spiro atoms. The lowest BCUT2D eigenvalue weighted by Gasteiger charge is -2.42. The van der Waals surface area contributed by atoms with E-state index in [4.69, 9.17) is 18.9 Å². The highest BCUT2D eigenvalue weighted by atomic mass is 19.4. The number of halogens is 3. The summed E-state index contributed by atoms with van der Waals surface area (Å²) >= 11 is 0. The SMILES string of the molecule is CO[C@@H]1[C@H](OC(=O)Nc2cccc(C(F)(F)F)c2)CC[C@]2(CO2)[C@H]1[C@@]1(C)O[C@@H]1CC=C(C)C. The van der Waals surface area contributed by atoms with Crippen molar-refractivity contribution >= 4 is 11.8 Å². The van der Waals surface area contributed by atoms with Crippen LogP contribution < -0.4 is 5.32 Å². The monoisotopic (exact) mass is 469 g/mol. The van der Waals surface area contributed by atoms with E-state index in [9.17, 15) is 18.0 Å². The lowest BCUT2D eigenvalue weighted by molar-refractivity contribution is -0.137. The molecular weight excluding hydrogens is 439 g/mol. The van der Waals surface area contributed by atoms with Gasteiger partial charge in [-0.1, -0.05) is 17.7 Å². The van der Waals surface area contributed by atoms with Gasteiger partial charge in [0.15, 0.2) is 0 Å². The molecule has 1 N–H and O–H groups in total. The Balaban J connectivity index is 1.45. The number of epoxide rings is 2. The molecule has 2 heterocycles. The number of anilines is 1. The van der Waals surface area contributed by atoms with Crippen LogP contribution in [0.4, 0.5) is 23.7 Å². The molecule has 3 aliphatic rings. The van der Waals surface area contributed by atoms with Gasteiger partial charge < -0.3 is 18.9 Å². The Labute approximate surface area is 191 Å². The van der Waals surface area contributed by atoms with E-state index in [2.05, 4.69) is 11.4 Å². The van der Waals surface area contributed by atoms with E-state index in [1.807, 2.05) is 20.8 Å².